The number of aromatic nitrogens is 2. The smallest absolute Gasteiger partial charge is 0.270 e. The monoisotopic (exact) mass is 360 g/mol. The molecule has 1 aromatic heterocycles. The minimum absolute atomic E-state index is 0.169. The number of nitrogens with zero attached hydrogens (tertiary/aromatic N) is 2. The molecule has 1 fully saturated rings. The largest absolute Gasteiger partial charge is 0.348 e. The van der Waals surface area contributed by atoms with Crippen LogP contribution in [0.4, 0.5) is 20.3 Å². The van der Waals surface area contributed by atoms with E-state index in [9.17, 15) is 13.6 Å². The van der Waals surface area contributed by atoms with Gasteiger partial charge in [-0.3, -0.25) is 4.79 Å². The summed E-state index contributed by atoms with van der Waals surface area (Å²) >= 11 is 0. The summed E-state index contributed by atoms with van der Waals surface area (Å²) in [5.74, 6) is -1.33. The van der Waals surface area contributed by atoms with Gasteiger partial charge in [-0.2, -0.15) is 0 Å². The van der Waals surface area contributed by atoms with Gasteiger partial charge in [0.1, 0.15) is 17.3 Å². The van der Waals surface area contributed by atoms with Crippen LogP contribution in [0.5, 0.6) is 0 Å². The average molecular weight is 360 g/mol. The first-order valence-corrected chi connectivity index (χ1v) is 8.90. The Hall–Kier alpha value is -2.57. The molecule has 0 saturated heterocycles. The molecule has 0 atom stereocenters. The zero-order valence-electron chi connectivity index (χ0n) is 14.7. The second kappa shape index (κ2) is 8.21. The lowest BCUT2D eigenvalue weighted by Gasteiger charge is -2.16. The molecular formula is C19H22F2N4O. The van der Waals surface area contributed by atoms with Gasteiger partial charge in [0.05, 0.1) is 0 Å². The number of aryl methyl sites for hydroxylation is 1. The van der Waals surface area contributed by atoms with Gasteiger partial charge >= 0.3 is 0 Å². The number of carbonyl (C=O) groups is 1. The Morgan fingerprint density at radius 1 is 1.04 bits per heavy atom. The van der Waals surface area contributed by atoms with Crippen LogP contribution in [0.15, 0.2) is 24.3 Å². The highest BCUT2D eigenvalue weighted by Gasteiger charge is 2.17. The molecule has 1 heterocycles. The predicted octanol–water partition coefficient (Wildman–Crippen LogP) is 4.26. The highest BCUT2D eigenvalue weighted by Crippen LogP contribution is 2.20. The van der Waals surface area contributed by atoms with Gasteiger partial charge in [0.25, 0.3) is 5.91 Å². The van der Waals surface area contributed by atoms with Gasteiger partial charge in [0.15, 0.2) is 11.6 Å². The quantitative estimate of drug-likeness (QED) is 0.800. The number of rotatable bonds is 4. The van der Waals surface area contributed by atoms with E-state index < -0.39 is 11.6 Å². The van der Waals surface area contributed by atoms with Crippen LogP contribution in [-0.2, 0) is 0 Å². The van der Waals surface area contributed by atoms with Crippen molar-refractivity contribution >= 4 is 17.4 Å². The van der Waals surface area contributed by atoms with Crippen molar-refractivity contribution in [3.63, 3.8) is 0 Å². The average Bonchev–Trinajstić information content (AvgIpc) is 2.86. The maximum Gasteiger partial charge on any atom is 0.270 e. The first kappa shape index (κ1) is 18.2. The van der Waals surface area contributed by atoms with Gasteiger partial charge in [-0.15, -0.1) is 0 Å². The fourth-order valence-corrected chi connectivity index (χ4v) is 3.15. The van der Waals surface area contributed by atoms with Crippen LogP contribution in [0.3, 0.4) is 0 Å². The Morgan fingerprint density at radius 3 is 2.46 bits per heavy atom. The molecule has 138 valence electrons. The Labute approximate surface area is 151 Å². The highest BCUT2D eigenvalue weighted by molar-refractivity contribution is 5.93. The van der Waals surface area contributed by atoms with Crippen molar-refractivity contribution in [1.82, 2.24) is 15.3 Å². The summed E-state index contributed by atoms with van der Waals surface area (Å²) < 4.78 is 26.4. The third kappa shape index (κ3) is 4.74. The van der Waals surface area contributed by atoms with E-state index in [1.54, 1.807) is 6.92 Å². The van der Waals surface area contributed by atoms with E-state index in [1.165, 1.54) is 25.0 Å². The van der Waals surface area contributed by atoms with E-state index in [2.05, 4.69) is 20.6 Å². The van der Waals surface area contributed by atoms with Gasteiger partial charge in [-0.05, 0) is 31.9 Å². The van der Waals surface area contributed by atoms with E-state index in [0.29, 0.717) is 17.3 Å². The molecule has 2 aromatic rings. The van der Waals surface area contributed by atoms with E-state index >= 15 is 0 Å². The van der Waals surface area contributed by atoms with Gasteiger partial charge in [-0.1, -0.05) is 25.7 Å². The number of hydrogen-bond acceptors (Lipinski definition) is 4. The summed E-state index contributed by atoms with van der Waals surface area (Å²) in [6, 6.07) is 5.16. The van der Waals surface area contributed by atoms with Gasteiger partial charge in [0, 0.05) is 23.9 Å². The molecule has 1 saturated carbocycles. The lowest BCUT2D eigenvalue weighted by Crippen LogP contribution is -2.35. The molecule has 0 radical (unpaired) electrons. The molecular weight excluding hydrogens is 338 g/mol. The zero-order chi connectivity index (χ0) is 18.5. The first-order valence-electron chi connectivity index (χ1n) is 8.90. The molecule has 0 aliphatic heterocycles. The van der Waals surface area contributed by atoms with E-state index in [-0.39, 0.29) is 17.6 Å². The fraction of sp³-hybridized carbons (Fsp3) is 0.421. The summed E-state index contributed by atoms with van der Waals surface area (Å²) in [6.07, 6.45) is 6.63. The third-order valence-electron chi connectivity index (χ3n) is 4.45. The molecule has 0 bridgehead atoms. The fourth-order valence-electron chi connectivity index (χ4n) is 3.15. The van der Waals surface area contributed by atoms with E-state index in [1.807, 2.05) is 0 Å². The molecule has 1 aromatic carbocycles. The number of anilines is 2. The number of nitrogens with one attached hydrogen (secondary N) is 2. The number of carbonyl (C=O) groups excluding carboxylic acids is 1. The SMILES string of the molecule is Cc1nc(Nc2ccc(F)c(F)c2)cc(C(=O)NC2CCCCCC2)n1. The van der Waals surface area contributed by atoms with Crippen LogP contribution < -0.4 is 10.6 Å². The minimum atomic E-state index is -0.952. The maximum atomic E-state index is 13.4. The van der Waals surface area contributed by atoms with Crippen LogP contribution in [0.1, 0.15) is 54.8 Å². The van der Waals surface area contributed by atoms with Crippen LogP contribution in [0, 0.1) is 18.6 Å². The van der Waals surface area contributed by atoms with Crippen molar-refractivity contribution < 1.29 is 13.6 Å². The normalized spacial score (nSPS) is 15.3. The van der Waals surface area contributed by atoms with E-state index in [4.69, 9.17) is 0 Å². The van der Waals surface area contributed by atoms with Crippen LogP contribution >= 0.6 is 0 Å². The summed E-state index contributed by atoms with van der Waals surface area (Å²) in [6.45, 7) is 1.68. The van der Waals surface area contributed by atoms with Crippen LogP contribution in [-0.4, -0.2) is 21.9 Å². The summed E-state index contributed by atoms with van der Waals surface area (Å²) in [5.41, 5.74) is 0.601. The standard InChI is InChI=1S/C19H22F2N4O/c1-12-22-17(19(26)25-13-6-4-2-3-5-7-13)11-18(23-12)24-14-8-9-15(20)16(21)10-14/h8-11,13H,2-7H2,1H3,(H,25,26)(H,22,23,24). The number of benzene rings is 1. The molecule has 1 amide bonds. The summed E-state index contributed by atoms with van der Waals surface area (Å²) in [7, 11) is 0. The molecule has 2 N–H and O–H groups in total. The second-order valence-corrected chi connectivity index (χ2v) is 6.60. The van der Waals surface area contributed by atoms with Crippen LogP contribution in [0.25, 0.3) is 0 Å². The number of amides is 1. The Kier molecular flexibility index (Phi) is 5.75. The zero-order valence-corrected chi connectivity index (χ0v) is 14.7. The number of hydrogen-bond donors (Lipinski definition) is 2. The lowest BCUT2D eigenvalue weighted by molar-refractivity contribution is 0.0928. The molecule has 3 rings (SSSR count). The molecule has 5 nitrogen and oxygen atoms in total. The topological polar surface area (TPSA) is 66.9 Å². The van der Waals surface area contributed by atoms with Crippen molar-refractivity contribution in [1.29, 1.82) is 0 Å². The van der Waals surface area contributed by atoms with Crippen LogP contribution in [0.2, 0.25) is 0 Å². The molecule has 7 heteroatoms. The molecule has 1 aliphatic carbocycles. The summed E-state index contributed by atoms with van der Waals surface area (Å²) in [5, 5.41) is 5.93. The third-order valence-corrected chi connectivity index (χ3v) is 4.45. The van der Waals surface area contributed by atoms with Gasteiger partial charge in [0.2, 0.25) is 0 Å². The van der Waals surface area contributed by atoms with Crippen molar-refractivity contribution in [3.8, 4) is 0 Å². The Bertz CT molecular complexity index is 789. The maximum absolute atomic E-state index is 13.4. The van der Waals surface area contributed by atoms with Gasteiger partial charge in [-0.25, -0.2) is 18.7 Å². The van der Waals surface area contributed by atoms with Crippen molar-refractivity contribution in [3.05, 3.63) is 47.4 Å². The van der Waals surface area contributed by atoms with Crippen molar-refractivity contribution in [2.24, 2.45) is 0 Å². The lowest BCUT2D eigenvalue weighted by atomic mass is 10.1. The second-order valence-electron chi connectivity index (χ2n) is 6.60. The van der Waals surface area contributed by atoms with Crippen molar-refractivity contribution in [2.75, 3.05) is 5.32 Å². The molecule has 0 unspecified atom stereocenters. The van der Waals surface area contributed by atoms with Crippen molar-refractivity contribution in [2.45, 2.75) is 51.5 Å². The number of halogens is 2. The minimum Gasteiger partial charge on any atom is -0.348 e. The Morgan fingerprint density at radius 2 is 1.77 bits per heavy atom. The predicted molar refractivity (Wildman–Crippen MR) is 95.4 cm³/mol. The molecule has 26 heavy (non-hydrogen) atoms. The van der Waals surface area contributed by atoms with Gasteiger partial charge < -0.3 is 10.6 Å². The Balaban J connectivity index is 1.73. The van der Waals surface area contributed by atoms with E-state index in [0.717, 1.165) is 37.8 Å². The molecule has 1 aliphatic rings. The highest BCUT2D eigenvalue weighted by atomic mass is 19.2. The summed E-state index contributed by atoms with van der Waals surface area (Å²) in [4.78, 5) is 20.9. The molecule has 0 spiro atoms. The first-order chi connectivity index (χ1) is 12.5.